The van der Waals surface area contributed by atoms with Crippen molar-refractivity contribution in [3.8, 4) is 17.2 Å². The lowest BCUT2D eigenvalue weighted by atomic mass is 9.79. The van der Waals surface area contributed by atoms with Gasteiger partial charge in [0.2, 0.25) is 11.7 Å². The summed E-state index contributed by atoms with van der Waals surface area (Å²) >= 11 is 0. The predicted octanol–water partition coefficient (Wildman–Crippen LogP) is 1.92. The molecule has 1 saturated heterocycles. The van der Waals surface area contributed by atoms with Gasteiger partial charge in [-0.3, -0.25) is 9.59 Å². The van der Waals surface area contributed by atoms with E-state index in [2.05, 4.69) is 0 Å². The number of nitrogens with zero attached hydrogens (tertiary/aromatic N) is 1. The number of hydrogen-bond acceptors (Lipinski definition) is 5. The first-order valence-corrected chi connectivity index (χ1v) is 8.21. The molecular formula is C19H19NO5. The maximum atomic E-state index is 13.0. The van der Waals surface area contributed by atoms with Crippen LogP contribution >= 0.6 is 0 Å². The van der Waals surface area contributed by atoms with Crippen LogP contribution in [0.15, 0.2) is 30.4 Å². The summed E-state index contributed by atoms with van der Waals surface area (Å²) in [6.07, 6.45) is 7.49. The SMILES string of the molecule is COc1c(O)cc2c(c1OC)CCN1C(=O)C3(C=CC(=O)C=C3)C[C@H]21. The Balaban J connectivity index is 1.82. The largest absolute Gasteiger partial charge is 0.504 e. The Morgan fingerprint density at radius 2 is 1.84 bits per heavy atom. The van der Waals surface area contributed by atoms with Gasteiger partial charge in [-0.1, -0.05) is 12.2 Å². The van der Waals surface area contributed by atoms with Crippen LogP contribution < -0.4 is 9.47 Å². The highest BCUT2D eigenvalue weighted by Gasteiger charge is 2.51. The normalized spacial score (nSPS) is 23.0. The van der Waals surface area contributed by atoms with Gasteiger partial charge in [-0.2, -0.15) is 0 Å². The van der Waals surface area contributed by atoms with E-state index in [0.717, 1.165) is 11.1 Å². The summed E-state index contributed by atoms with van der Waals surface area (Å²) < 4.78 is 10.8. The Bertz CT molecular complexity index is 823. The van der Waals surface area contributed by atoms with E-state index in [1.54, 1.807) is 25.3 Å². The van der Waals surface area contributed by atoms with Crippen molar-refractivity contribution in [3.63, 3.8) is 0 Å². The smallest absolute Gasteiger partial charge is 0.237 e. The van der Waals surface area contributed by atoms with Gasteiger partial charge in [-0.25, -0.2) is 0 Å². The minimum atomic E-state index is -0.775. The maximum Gasteiger partial charge on any atom is 0.237 e. The van der Waals surface area contributed by atoms with Crippen molar-refractivity contribution >= 4 is 11.7 Å². The second-order valence-corrected chi connectivity index (χ2v) is 6.61. The second-order valence-electron chi connectivity index (χ2n) is 6.61. The Morgan fingerprint density at radius 3 is 2.48 bits per heavy atom. The molecule has 1 N–H and O–H groups in total. The second kappa shape index (κ2) is 5.37. The molecule has 0 aromatic heterocycles. The fourth-order valence-corrected chi connectivity index (χ4v) is 4.20. The number of methoxy groups -OCH3 is 2. The molecule has 6 heteroatoms. The molecule has 1 fully saturated rings. The van der Waals surface area contributed by atoms with Crippen molar-refractivity contribution in [1.82, 2.24) is 4.90 Å². The zero-order valence-corrected chi connectivity index (χ0v) is 14.1. The summed E-state index contributed by atoms with van der Waals surface area (Å²) in [5.74, 6) is 0.732. The quantitative estimate of drug-likeness (QED) is 0.889. The zero-order valence-electron chi connectivity index (χ0n) is 14.1. The molecule has 25 heavy (non-hydrogen) atoms. The number of hydrogen-bond donors (Lipinski definition) is 1. The minimum Gasteiger partial charge on any atom is -0.504 e. The number of aromatic hydroxyl groups is 1. The Labute approximate surface area is 145 Å². The first-order valence-electron chi connectivity index (χ1n) is 8.21. The lowest BCUT2D eigenvalue weighted by molar-refractivity contribution is -0.133. The third kappa shape index (κ3) is 2.10. The van der Waals surface area contributed by atoms with E-state index in [-0.39, 0.29) is 23.5 Å². The molecule has 1 amide bonds. The Hall–Kier alpha value is -2.76. The van der Waals surface area contributed by atoms with E-state index in [9.17, 15) is 14.7 Å². The third-order valence-corrected chi connectivity index (χ3v) is 5.38. The zero-order chi connectivity index (χ0) is 17.8. The number of carbonyl (C=O) groups is 2. The highest BCUT2D eigenvalue weighted by atomic mass is 16.5. The number of amides is 1. The van der Waals surface area contributed by atoms with E-state index < -0.39 is 5.41 Å². The predicted molar refractivity (Wildman–Crippen MR) is 89.7 cm³/mol. The van der Waals surface area contributed by atoms with E-state index in [1.165, 1.54) is 19.3 Å². The molecule has 1 spiro atoms. The summed E-state index contributed by atoms with van der Waals surface area (Å²) in [4.78, 5) is 26.3. The summed E-state index contributed by atoms with van der Waals surface area (Å²) in [7, 11) is 3.03. The first kappa shape index (κ1) is 15.7. The molecular weight excluding hydrogens is 322 g/mol. The number of carbonyl (C=O) groups excluding carboxylic acids is 2. The number of phenols is 1. The summed E-state index contributed by atoms with van der Waals surface area (Å²) in [5.41, 5.74) is 1.07. The van der Waals surface area contributed by atoms with Gasteiger partial charge in [0, 0.05) is 12.1 Å². The van der Waals surface area contributed by atoms with Crippen LogP contribution in [0.25, 0.3) is 0 Å². The van der Waals surface area contributed by atoms with Gasteiger partial charge >= 0.3 is 0 Å². The van der Waals surface area contributed by atoms with Gasteiger partial charge in [0.25, 0.3) is 0 Å². The van der Waals surface area contributed by atoms with Gasteiger partial charge in [-0.15, -0.1) is 0 Å². The number of benzene rings is 1. The highest BCUT2D eigenvalue weighted by Crippen LogP contribution is 2.53. The monoisotopic (exact) mass is 341 g/mol. The number of allylic oxidation sites excluding steroid dienone is 2. The summed E-state index contributed by atoms with van der Waals surface area (Å²) in [5, 5.41) is 10.3. The number of ketones is 1. The molecule has 0 radical (unpaired) electrons. The molecule has 0 unspecified atom stereocenters. The van der Waals surface area contributed by atoms with Gasteiger partial charge in [0.15, 0.2) is 17.3 Å². The Morgan fingerprint density at radius 1 is 1.16 bits per heavy atom. The molecule has 2 heterocycles. The molecule has 6 nitrogen and oxygen atoms in total. The molecule has 1 aromatic carbocycles. The van der Waals surface area contributed by atoms with Crippen LogP contribution in [0.5, 0.6) is 17.2 Å². The number of fused-ring (bicyclic) bond motifs is 3. The number of phenolic OH excluding ortho intramolecular Hbond substituents is 1. The highest BCUT2D eigenvalue weighted by molar-refractivity contribution is 6.03. The molecule has 1 aromatic rings. The van der Waals surface area contributed by atoms with E-state index in [4.69, 9.17) is 9.47 Å². The van der Waals surface area contributed by atoms with E-state index in [0.29, 0.717) is 30.9 Å². The van der Waals surface area contributed by atoms with Crippen LogP contribution in [0.2, 0.25) is 0 Å². The van der Waals surface area contributed by atoms with Gasteiger partial charge in [0.05, 0.1) is 25.7 Å². The topological polar surface area (TPSA) is 76.1 Å². The van der Waals surface area contributed by atoms with Crippen molar-refractivity contribution in [1.29, 1.82) is 0 Å². The van der Waals surface area contributed by atoms with Crippen LogP contribution in [-0.2, 0) is 16.0 Å². The van der Waals surface area contributed by atoms with Crippen molar-refractivity contribution in [3.05, 3.63) is 41.5 Å². The standard InChI is InChI=1S/C19H19NO5/c1-24-16-12-5-8-20-14(13(12)9-15(22)17(16)25-2)10-19(18(20)23)6-3-11(21)4-7-19/h3-4,6-7,9,14,22H,5,8,10H2,1-2H3/t14-/m1/s1. The van der Waals surface area contributed by atoms with Crippen molar-refractivity contribution in [2.75, 3.05) is 20.8 Å². The summed E-state index contributed by atoms with van der Waals surface area (Å²) in [6.45, 7) is 0.568. The lowest BCUT2D eigenvalue weighted by Crippen LogP contribution is -2.37. The van der Waals surface area contributed by atoms with E-state index >= 15 is 0 Å². The fraction of sp³-hybridized carbons (Fsp3) is 0.368. The van der Waals surface area contributed by atoms with Crippen molar-refractivity contribution in [2.45, 2.75) is 18.9 Å². The Kier molecular flexibility index (Phi) is 3.39. The van der Waals surface area contributed by atoms with Crippen LogP contribution in [0, 0.1) is 5.41 Å². The van der Waals surface area contributed by atoms with Gasteiger partial charge in [0.1, 0.15) is 0 Å². The molecule has 3 aliphatic rings. The lowest BCUT2D eigenvalue weighted by Gasteiger charge is -2.33. The van der Waals surface area contributed by atoms with Crippen LogP contribution in [0.4, 0.5) is 0 Å². The van der Waals surface area contributed by atoms with Gasteiger partial charge < -0.3 is 19.5 Å². The van der Waals surface area contributed by atoms with Crippen LogP contribution in [0.3, 0.4) is 0 Å². The maximum absolute atomic E-state index is 13.0. The molecule has 0 bridgehead atoms. The molecule has 1 aliphatic carbocycles. The molecule has 130 valence electrons. The van der Waals surface area contributed by atoms with Crippen LogP contribution in [-0.4, -0.2) is 42.5 Å². The number of rotatable bonds is 2. The van der Waals surface area contributed by atoms with Crippen LogP contribution in [0.1, 0.15) is 23.6 Å². The minimum absolute atomic E-state index is 0.00162. The fourth-order valence-electron chi connectivity index (χ4n) is 4.20. The average molecular weight is 341 g/mol. The van der Waals surface area contributed by atoms with Crippen molar-refractivity contribution in [2.24, 2.45) is 5.41 Å². The van der Waals surface area contributed by atoms with Crippen molar-refractivity contribution < 1.29 is 24.2 Å². The molecule has 1 atom stereocenters. The molecule has 0 saturated carbocycles. The van der Waals surface area contributed by atoms with Gasteiger partial charge in [-0.05, 0) is 36.6 Å². The average Bonchev–Trinajstić information content (AvgIpc) is 2.89. The third-order valence-electron chi connectivity index (χ3n) is 5.38. The van der Waals surface area contributed by atoms with E-state index in [1.807, 2.05) is 4.90 Å². The first-order chi connectivity index (χ1) is 12.0. The number of ether oxygens (including phenoxy) is 2. The molecule has 4 rings (SSSR count). The molecule has 2 aliphatic heterocycles. The summed E-state index contributed by atoms with van der Waals surface area (Å²) in [6, 6.07) is 1.51.